The number of rotatable bonds is 5. The Labute approximate surface area is 115 Å². The first-order valence-electron chi connectivity index (χ1n) is 6.87. The van der Waals surface area contributed by atoms with E-state index in [0.29, 0.717) is 0 Å². The molecule has 3 heteroatoms. The molecule has 2 rings (SSSR count). The molecule has 0 saturated heterocycles. The van der Waals surface area contributed by atoms with E-state index in [1.807, 2.05) is 7.05 Å². The van der Waals surface area contributed by atoms with Gasteiger partial charge in [0, 0.05) is 18.1 Å². The van der Waals surface area contributed by atoms with Crippen molar-refractivity contribution in [2.45, 2.75) is 26.7 Å². The Morgan fingerprint density at radius 3 is 2.63 bits per heavy atom. The molecule has 0 aliphatic carbocycles. The number of hydrogen-bond donors (Lipinski definition) is 1. The van der Waals surface area contributed by atoms with Gasteiger partial charge in [-0.1, -0.05) is 0 Å². The molecule has 19 heavy (non-hydrogen) atoms. The van der Waals surface area contributed by atoms with E-state index in [-0.39, 0.29) is 0 Å². The molecular formula is C16H24N2O. The van der Waals surface area contributed by atoms with Gasteiger partial charge in [-0.2, -0.15) is 0 Å². The van der Waals surface area contributed by atoms with E-state index in [0.717, 1.165) is 25.1 Å². The number of aromatic nitrogens is 1. The number of ether oxygens (including phenoxy) is 1. The summed E-state index contributed by atoms with van der Waals surface area (Å²) in [6, 6.07) is 4.39. The molecule has 104 valence electrons. The van der Waals surface area contributed by atoms with Gasteiger partial charge >= 0.3 is 0 Å². The SMILES string of the molecule is CNCCCc1c(C)n(C)c2c(OC)cc(C)cc12. The smallest absolute Gasteiger partial charge is 0.143 e. The van der Waals surface area contributed by atoms with Crippen LogP contribution in [0.4, 0.5) is 0 Å². The highest BCUT2D eigenvalue weighted by molar-refractivity contribution is 5.91. The molecule has 1 N–H and O–H groups in total. The van der Waals surface area contributed by atoms with E-state index in [1.54, 1.807) is 7.11 Å². The number of aryl methyl sites for hydroxylation is 3. The average Bonchev–Trinajstić information content (AvgIpc) is 2.63. The second-order valence-electron chi connectivity index (χ2n) is 5.19. The Morgan fingerprint density at radius 2 is 2.00 bits per heavy atom. The summed E-state index contributed by atoms with van der Waals surface area (Å²) in [7, 11) is 5.87. The predicted molar refractivity (Wildman–Crippen MR) is 81.2 cm³/mol. The van der Waals surface area contributed by atoms with Crippen LogP contribution in [-0.4, -0.2) is 25.3 Å². The van der Waals surface area contributed by atoms with E-state index in [1.165, 1.54) is 27.7 Å². The summed E-state index contributed by atoms with van der Waals surface area (Å²) in [5.41, 5.74) is 5.26. The van der Waals surface area contributed by atoms with Crippen molar-refractivity contribution in [2.75, 3.05) is 20.7 Å². The Hall–Kier alpha value is -1.48. The first-order valence-corrected chi connectivity index (χ1v) is 6.87. The third kappa shape index (κ3) is 2.47. The van der Waals surface area contributed by atoms with Gasteiger partial charge in [0.25, 0.3) is 0 Å². The van der Waals surface area contributed by atoms with E-state index in [9.17, 15) is 0 Å². The van der Waals surface area contributed by atoms with Crippen LogP contribution in [0.2, 0.25) is 0 Å². The summed E-state index contributed by atoms with van der Waals surface area (Å²) in [4.78, 5) is 0. The molecule has 1 aromatic carbocycles. The van der Waals surface area contributed by atoms with Crippen LogP contribution in [-0.2, 0) is 13.5 Å². The molecule has 0 fully saturated rings. The van der Waals surface area contributed by atoms with Crippen LogP contribution in [0, 0.1) is 13.8 Å². The molecule has 1 heterocycles. The quantitative estimate of drug-likeness (QED) is 0.837. The van der Waals surface area contributed by atoms with Crippen molar-refractivity contribution in [3.05, 3.63) is 29.0 Å². The highest BCUT2D eigenvalue weighted by atomic mass is 16.5. The monoisotopic (exact) mass is 260 g/mol. The number of methoxy groups -OCH3 is 1. The van der Waals surface area contributed by atoms with Crippen molar-refractivity contribution in [3.8, 4) is 5.75 Å². The van der Waals surface area contributed by atoms with Crippen molar-refractivity contribution in [2.24, 2.45) is 7.05 Å². The zero-order valence-electron chi connectivity index (χ0n) is 12.6. The average molecular weight is 260 g/mol. The molecule has 0 spiro atoms. The molecule has 0 aliphatic rings. The minimum absolute atomic E-state index is 0.973. The van der Waals surface area contributed by atoms with Crippen LogP contribution in [0.15, 0.2) is 12.1 Å². The van der Waals surface area contributed by atoms with Crippen LogP contribution in [0.25, 0.3) is 10.9 Å². The highest BCUT2D eigenvalue weighted by Crippen LogP contribution is 2.33. The molecule has 0 atom stereocenters. The largest absolute Gasteiger partial charge is 0.495 e. The summed E-state index contributed by atoms with van der Waals surface area (Å²) in [6.45, 7) is 5.38. The number of nitrogens with one attached hydrogen (secondary N) is 1. The zero-order valence-corrected chi connectivity index (χ0v) is 12.6. The highest BCUT2D eigenvalue weighted by Gasteiger charge is 2.15. The van der Waals surface area contributed by atoms with Crippen LogP contribution >= 0.6 is 0 Å². The van der Waals surface area contributed by atoms with Crippen molar-refractivity contribution in [3.63, 3.8) is 0 Å². The number of hydrogen-bond acceptors (Lipinski definition) is 2. The molecule has 2 aromatic rings. The summed E-state index contributed by atoms with van der Waals surface area (Å²) in [5.74, 6) is 0.973. The second kappa shape index (κ2) is 5.66. The zero-order chi connectivity index (χ0) is 14.0. The van der Waals surface area contributed by atoms with Gasteiger partial charge in [0.15, 0.2) is 0 Å². The lowest BCUT2D eigenvalue weighted by atomic mass is 10.0. The van der Waals surface area contributed by atoms with Crippen molar-refractivity contribution < 1.29 is 4.74 Å². The lowest BCUT2D eigenvalue weighted by Crippen LogP contribution is -2.08. The lowest BCUT2D eigenvalue weighted by Gasteiger charge is -2.06. The molecule has 0 saturated carbocycles. The molecule has 0 aliphatic heterocycles. The minimum Gasteiger partial charge on any atom is -0.495 e. The Kier molecular flexibility index (Phi) is 4.15. The number of benzene rings is 1. The molecule has 0 amide bonds. The summed E-state index contributed by atoms with van der Waals surface area (Å²) in [5, 5.41) is 4.56. The van der Waals surface area contributed by atoms with Gasteiger partial charge in [-0.15, -0.1) is 0 Å². The Morgan fingerprint density at radius 1 is 1.26 bits per heavy atom. The summed E-state index contributed by atoms with van der Waals surface area (Å²) >= 11 is 0. The molecule has 0 unspecified atom stereocenters. The van der Waals surface area contributed by atoms with Gasteiger partial charge in [0.05, 0.1) is 12.6 Å². The van der Waals surface area contributed by atoms with E-state index in [4.69, 9.17) is 4.74 Å². The van der Waals surface area contributed by atoms with Crippen molar-refractivity contribution >= 4 is 10.9 Å². The van der Waals surface area contributed by atoms with Gasteiger partial charge in [-0.25, -0.2) is 0 Å². The maximum absolute atomic E-state index is 5.55. The molecule has 3 nitrogen and oxygen atoms in total. The maximum Gasteiger partial charge on any atom is 0.143 e. The third-order valence-electron chi connectivity index (χ3n) is 3.89. The lowest BCUT2D eigenvalue weighted by molar-refractivity contribution is 0.417. The fourth-order valence-electron chi connectivity index (χ4n) is 2.80. The van der Waals surface area contributed by atoms with Crippen molar-refractivity contribution in [1.29, 1.82) is 0 Å². The fraction of sp³-hybridized carbons (Fsp3) is 0.500. The normalized spacial score (nSPS) is 11.2. The fourth-order valence-corrected chi connectivity index (χ4v) is 2.80. The molecule has 0 radical (unpaired) electrons. The van der Waals surface area contributed by atoms with Crippen LogP contribution in [0.3, 0.4) is 0 Å². The maximum atomic E-state index is 5.55. The van der Waals surface area contributed by atoms with Gasteiger partial charge < -0.3 is 14.6 Å². The Bertz CT molecular complexity index is 584. The van der Waals surface area contributed by atoms with Crippen molar-refractivity contribution in [1.82, 2.24) is 9.88 Å². The molecule has 0 bridgehead atoms. The van der Waals surface area contributed by atoms with Gasteiger partial charge in [0.2, 0.25) is 0 Å². The Balaban J connectivity index is 2.57. The first kappa shape index (κ1) is 13.9. The van der Waals surface area contributed by atoms with E-state index < -0.39 is 0 Å². The van der Waals surface area contributed by atoms with Gasteiger partial charge in [0.1, 0.15) is 5.75 Å². The molecular weight excluding hydrogens is 236 g/mol. The van der Waals surface area contributed by atoms with E-state index in [2.05, 4.69) is 42.9 Å². The molecule has 1 aromatic heterocycles. The predicted octanol–water partition coefficient (Wildman–Crippen LogP) is 2.96. The van der Waals surface area contributed by atoms with Gasteiger partial charge in [-0.3, -0.25) is 0 Å². The minimum atomic E-state index is 0.973. The third-order valence-corrected chi connectivity index (χ3v) is 3.89. The topological polar surface area (TPSA) is 26.2 Å². The van der Waals surface area contributed by atoms with Crippen LogP contribution in [0.5, 0.6) is 5.75 Å². The van der Waals surface area contributed by atoms with Crippen LogP contribution < -0.4 is 10.1 Å². The number of fused-ring (bicyclic) bond motifs is 1. The van der Waals surface area contributed by atoms with Gasteiger partial charge in [-0.05, 0) is 63.5 Å². The first-order chi connectivity index (χ1) is 9.10. The summed E-state index contributed by atoms with van der Waals surface area (Å²) in [6.07, 6.45) is 2.27. The standard InChI is InChI=1S/C16H24N2O/c1-11-9-14-13(7-6-8-17-3)12(2)18(4)16(14)15(10-11)19-5/h9-10,17H,6-8H2,1-5H3. The van der Waals surface area contributed by atoms with Crippen LogP contribution in [0.1, 0.15) is 23.2 Å². The number of nitrogens with zero attached hydrogens (tertiary/aromatic N) is 1. The van der Waals surface area contributed by atoms with E-state index >= 15 is 0 Å². The summed E-state index contributed by atoms with van der Waals surface area (Å²) < 4.78 is 7.80. The second-order valence-corrected chi connectivity index (χ2v) is 5.19.